The third-order valence-corrected chi connectivity index (χ3v) is 2.81. The number of carbonyl (C=O) groups is 1. The van der Waals surface area contributed by atoms with Crippen LogP contribution in [0.4, 0.5) is 5.69 Å². The molecule has 0 bridgehead atoms. The van der Waals surface area contributed by atoms with Gasteiger partial charge in [0.25, 0.3) is 5.91 Å². The summed E-state index contributed by atoms with van der Waals surface area (Å²) in [4.78, 5) is 16.1. The van der Waals surface area contributed by atoms with Crippen LogP contribution in [0.5, 0.6) is 0 Å². The van der Waals surface area contributed by atoms with Gasteiger partial charge in [-0.25, -0.2) is 0 Å². The van der Waals surface area contributed by atoms with Crippen LogP contribution in [0, 0.1) is 0 Å². The van der Waals surface area contributed by atoms with Crippen molar-refractivity contribution in [2.24, 2.45) is 0 Å². The minimum atomic E-state index is -0.272. The summed E-state index contributed by atoms with van der Waals surface area (Å²) in [7, 11) is 0. The predicted molar refractivity (Wildman–Crippen MR) is 76.3 cm³/mol. The minimum Gasteiger partial charge on any atom is -0.451 e. The summed E-state index contributed by atoms with van der Waals surface area (Å²) < 4.78 is 5.55. The first kappa shape index (κ1) is 12.2. The second-order valence-corrected chi connectivity index (χ2v) is 4.23. The molecular formula is C16H12N2O2. The van der Waals surface area contributed by atoms with E-state index in [4.69, 9.17) is 4.42 Å². The average Bonchev–Trinajstić information content (AvgIpc) is 2.99. The van der Waals surface area contributed by atoms with E-state index in [2.05, 4.69) is 10.3 Å². The summed E-state index contributed by atoms with van der Waals surface area (Å²) in [5.74, 6) is 0.621. The molecule has 0 aliphatic heterocycles. The molecule has 0 saturated carbocycles. The number of aromatic nitrogens is 1. The Hall–Kier alpha value is -2.88. The molecule has 0 fully saturated rings. The van der Waals surface area contributed by atoms with Crippen LogP contribution in [-0.2, 0) is 0 Å². The Morgan fingerprint density at radius 2 is 1.85 bits per heavy atom. The van der Waals surface area contributed by atoms with Crippen LogP contribution >= 0.6 is 0 Å². The Bertz CT molecular complexity index is 706. The maximum Gasteiger partial charge on any atom is 0.291 e. The summed E-state index contributed by atoms with van der Waals surface area (Å²) in [6.07, 6.45) is 3.38. The highest BCUT2D eigenvalue weighted by molar-refractivity contribution is 6.02. The van der Waals surface area contributed by atoms with Gasteiger partial charge in [0.05, 0.1) is 0 Å². The maximum absolute atomic E-state index is 12.0. The standard InChI is InChI=1S/C16H12N2O2/c19-16(18-13-6-2-1-3-7-13)15-9-8-14(20-15)12-5-4-10-17-11-12/h1-11H,(H,18,19). The summed E-state index contributed by atoms with van der Waals surface area (Å²) in [5, 5.41) is 2.77. The third-order valence-electron chi connectivity index (χ3n) is 2.81. The van der Waals surface area contributed by atoms with Crippen molar-refractivity contribution in [3.63, 3.8) is 0 Å². The van der Waals surface area contributed by atoms with Gasteiger partial charge in [0, 0.05) is 23.6 Å². The van der Waals surface area contributed by atoms with Crippen molar-refractivity contribution in [3.8, 4) is 11.3 Å². The second kappa shape index (κ2) is 5.40. The molecule has 3 aromatic rings. The maximum atomic E-state index is 12.0. The van der Waals surface area contributed by atoms with E-state index in [0.29, 0.717) is 5.76 Å². The molecule has 98 valence electrons. The summed E-state index contributed by atoms with van der Waals surface area (Å²) >= 11 is 0. The molecular weight excluding hydrogens is 252 g/mol. The smallest absolute Gasteiger partial charge is 0.291 e. The number of pyridine rings is 1. The number of nitrogens with one attached hydrogen (secondary N) is 1. The molecule has 0 radical (unpaired) electrons. The van der Waals surface area contributed by atoms with Gasteiger partial charge in [-0.15, -0.1) is 0 Å². The first-order valence-electron chi connectivity index (χ1n) is 6.19. The molecule has 0 spiro atoms. The fourth-order valence-corrected chi connectivity index (χ4v) is 1.84. The van der Waals surface area contributed by atoms with E-state index in [0.717, 1.165) is 11.3 Å². The van der Waals surface area contributed by atoms with Gasteiger partial charge >= 0.3 is 0 Å². The van der Waals surface area contributed by atoms with Crippen LogP contribution in [0.2, 0.25) is 0 Å². The summed E-state index contributed by atoms with van der Waals surface area (Å²) in [6, 6.07) is 16.4. The van der Waals surface area contributed by atoms with E-state index in [1.165, 1.54) is 0 Å². The lowest BCUT2D eigenvalue weighted by atomic mass is 10.2. The van der Waals surface area contributed by atoms with Crippen molar-refractivity contribution < 1.29 is 9.21 Å². The number of hydrogen-bond donors (Lipinski definition) is 1. The van der Waals surface area contributed by atoms with E-state index in [1.54, 1.807) is 24.5 Å². The van der Waals surface area contributed by atoms with E-state index in [9.17, 15) is 4.79 Å². The fourth-order valence-electron chi connectivity index (χ4n) is 1.84. The fraction of sp³-hybridized carbons (Fsp3) is 0. The molecule has 20 heavy (non-hydrogen) atoms. The monoisotopic (exact) mass is 264 g/mol. The zero-order valence-electron chi connectivity index (χ0n) is 10.6. The van der Waals surface area contributed by atoms with E-state index in [1.807, 2.05) is 42.5 Å². The van der Waals surface area contributed by atoms with Crippen molar-refractivity contribution in [3.05, 3.63) is 72.8 Å². The van der Waals surface area contributed by atoms with E-state index >= 15 is 0 Å². The molecule has 0 aliphatic rings. The molecule has 2 aromatic heterocycles. The lowest BCUT2D eigenvalue weighted by Crippen LogP contribution is -2.10. The SMILES string of the molecule is O=C(Nc1ccccc1)c1ccc(-c2cccnc2)o1. The highest BCUT2D eigenvalue weighted by atomic mass is 16.3. The number of para-hydroxylation sites is 1. The number of amides is 1. The van der Waals surface area contributed by atoms with Crippen molar-refractivity contribution in [1.29, 1.82) is 0 Å². The molecule has 4 heteroatoms. The average molecular weight is 264 g/mol. The van der Waals surface area contributed by atoms with E-state index < -0.39 is 0 Å². The lowest BCUT2D eigenvalue weighted by molar-refractivity contribution is 0.0997. The van der Waals surface area contributed by atoms with Crippen molar-refractivity contribution >= 4 is 11.6 Å². The van der Waals surface area contributed by atoms with Crippen molar-refractivity contribution in [2.75, 3.05) is 5.32 Å². The summed E-state index contributed by atoms with van der Waals surface area (Å²) in [5.41, 5.74) is 1.57. The normalized spacial score (nSPS) is 10.2. The van der Waals surface area contributed by atoms with Gasteiger partial charge in [-0.2, -0.15) is 0 Å². The second-order valence-electron chi connectivity index (χ2n) is 4.23. The Morgan fingerprint density at radius 3 is 2.60 bits per heavy atom. The first-order valence-corrected chi connectivity index (χ1v) is 6.19. The van der Waals surface area contributed by atoms with Crippen LogP contribution in [-0.4, -0.2) is 10.9 Å². The first-order chi connectivity index (χ1) is 9.83. The zero-order chi connectivity index (χ0) is 13.8. The van der Waals surface area contributed by atoms with Gasteiger partial charge in [0.2, 0.25) is 0 Å². The summed E-state index contributed by atoms with van der Waals surface area (Å²) in [6.45, 7) is 0. The van der Waals surface area contributed by atoms with Crippen LogP contribution < -0.4 is 5.32 Å². The largest absolute Gasteiger partial charge is 0.451 e. The molecule has 1 amide bonds. The molecule has 0 aliphatic carbocycles. The Morgan fingerprint density at radius 1 is 1.00 bits per heavy atom. The van der Waals surface area contributed by atoms with Crippen LogP contribution in [0.15, 0.2) is 71.4 Å². The zero-order valence-corrected chi connectivity index (χ0v) is 10.6. The molecule has 4 nitrogen and oxygen atoms in total. The topological polar surface area (TPSA) is 55.1 Å². The number of anilines is 1. The minimum absolute atomic E-state index is 0.271. The molecule has 0 unspecified atom stereocenters. The Balaban J connectivity index is 1.79. The Kier molecular flexibility index (Phi) is 3.29. The lowest BCUT2D eigenvalue weighted by Gasteiger charge is -2.02. The number of rotatable bonds is 3. The molecule has 0 atom stereocenters. The van der Waals surface area contributed by atoms with Crippen molar-refractivity contribution in [2.45, 2.75) is 0 Å². The Labute approximate surface area is 116 Å². The van der Waals surface area contributed by atoms with Crippen LogP contribution in [0.25, 0.3) is 11.3 Å². The molecule has 1 aromatic carbocycles. The molecule has 3 rings (SSSR count). The van der Waals surface area contributed by atoms with Crippen LogP contribution in [0.3, 0.4) is 0 Å². The quantitative estimate of drug-likeness (QED) is 0.786. The number of benzene rings is 1. The van der Waals surface area contributed by atoms with Gasteiger partial charge in [0.15, 0.2) is 5.76 Å². The van der Waals surface area contributed by atoms with Gasteiger partial charge in [-0.1, -0.05) is 18.2 Å². The highest BCUT2D eigenvalue weighted by Crippen LogP contribution is 2.21. The number of furan rings is 1. The number of nitrogens with zero attached hydrogens (tertiary/aromatic N) is 1. The van der Waals surface area contributed by atoms with Gasteiger partial charge in [-0.05, 0) is 36.4 Å². The number of hydrogen-bond acceptors (Lipinski definition) is 3. The molecule has 1 N–H and O–H groups in total. The third kappa shape index (κ3) is 2.59. The molecule has 2 heterocycles. The van der Waals surface area contributed by atoms with Crippen molar-refractivity contribution in [1.82, 2.24) is 4.98 Å². The predicted octanol–water partition coefficient (Wildman–Crippen LogP) is 3.59. The highest BCUT2D eigenvalue weighted by Gasteiger charge is 2.12. The molecule has 0 saturated heterocycles. The van der Waals surface area contributed by atoms with Gasteiger partial charge in [-0.3, -0.25) is 9.78 Å². The number of carbonyl (C=O) groups excluding carboxylic acids is 1. The van der Waals surface area contributed by atoms with Crippen LogP contribution in [0.1, 0.15) is 10.6 Å². The van der Waals surface area contributed by atoms with E-state index in [-0.39, 0.29) is 11.7 Å². The van der Waals surface area contributed by atoms with Gasteiger partial charge in [0.1, 0.15) is 5.76 Å². The van der Waals surface area contributed by atoms with Gasteiger partial charge < -0.3 is 9.73 Å².